The Kier molecular flexibility index (Phi) is 4.01. The molecule has 0 saturated heterocycles. The summed E-state index contributed by atoms with van der Waals surface area (Å²) in [5.41, 5.74) is 0.714. The Hall–Kier alpha value is -1.48. The predicted molar refractivity (Wildman–Crippen MR) is 54.6 cm³/mol. The maximum atomic E-state index is 9.08. The summed E-state index contributed by atoms with van der Waals surface area (Å²) in [5, 5.41) is 9.08. The summed E-state index contributed by atoms with van der Waals surface area (Å²) >= 11 is 0. The van der Waals surface area contributed by atoms with Gasteiger partial charge in [0, 0.05) is 5.56 Å². The zero-order chi connectivity index (χ0) is 10.4. The molecular weight excluding hydrogens is 180 g/mol. The van der Waals surface area contributed by atoms with E-state index >= 15 is 0 Å². The van der Waals surface area contributed by atoms with Crippen molar-refractivity contribution in [1.82, 2.24) is 0 Å². The van der Waals surface area contributed by atoms with Crippen LogP contribution in [0, 0.1) is 0 Å². The van der Waals surface area contributed by atoms with Crippen molar-refractivity contribution in [2.45, 2.75) is 6.61 Å². The van der Waals surface area contributed by atoms with Gasteiger partial charge in [0.25, 0.3) is 0 Å². The molecule has 0 aliphatic heterocycles. The van der Waals surface area contributed by atoms with Crippen molar-refractivity contribution in [3.8, 4) is 11.5 Å². The number of hydrogen-bond acceptors (Lipinski definition) is 3. The summed E-state index contributed by atoms with van der Waals surface area (Å²) in [6.45, 7) is 3.92. The van der Waals surface area contributed by atoms with E-state index in [0.29, 0.717) is 23.7 Å². The SMILES string of the molecule is C=CCOc1ccc(OC)cc1CO. The average Bonchev–Trinajstić information content (AvgIpc) is 2.26. The van der Waals surface area contributed by atoms with Crippen molar-refractivity contribution in [3.05, 3.63) is 36.4 Å². The molecule has 0 heterocycles. The van der Waals surface area contributed by atoms with E-state index in [2.05, 4.69) is 6.58 Å². The third-order valence-electron chi connectivity index (χ3n) is 1.79. The van der Waals surface area contributed by atoms with Crippen LogP contribution in [0.2, 0.25) is 0 Å². The Morgan fingerprint density at radius 2 is 2.29 bits per heavy atom. The van der Waals surface area contributed by atoms with Gasteiger partial charge in [0.05, 0.1) is 13.7 Å². The van der Waals surface area contributed by atoms with Crippen molar-refractivity contribution in [1.29, 1.82) is 0 Å². The van der Waals surface area contributed by atoms with Gasteiger partial charge in [0.2, 0.25) is 0 Å². The summed E-state index contributed by atoms with van der Waals surface area (Å²) in [4.78, 5) is 0. The molecule has 14 heavy (non-hydrogen) atoms. The summed E-state index contributed by atoms with van der Waals surface area (Å²) in [7, 11) is 1.58. The third-order valence-corrected chi connectivity index (χ3v) is 1.79. The van der Waals surface area contributed by atoms with Crippen LogP contribution in [0.4, 0.5) is 0 Å². The molecule has 3 heteroatoms. The Bertz CT molecular complexity index is 307. The molecule has 0 aliphatic carbocycles. The van der Waals surface area contributed by atoms with Gasteiger partial charge in [-0.3, -0.25) is 0 Å². The Morgan fingerprint density at radius 3 is 2.86 bits per heavy atom. The van der Waals surface area contributed by atoms with Crippen LogP contribution in [-0.2, 0) is 6.61 Å². The van der Waals surface area contributed by atoms with Crippen LogP contribution in [0.3, 0.4) is 0 Å². The first-order chi connectivity index (χ1) is 6.81. The van der Waals surface area contributed by atoms with E-state index in [1.807, 2.05) is 0 Å². The molecule has 0 atom stereocenters. The van der Waals surface area contributed by atoms with E-state index in [0.717, 1.165) is 0 Å². The van der Waals surface area contributed by atoms with Crippen molar-refractivity contribution in [2.75, 3.05) is 13.7 Å². The molecule has 0 aliphatic rings. The largest absolute Gasteiger partial charge is 0.497 e. The second kappa shape index (κ2) is 5.29. The molecule has 1 N–H and O–H groups in total. The molecule has 1 aromatic rings. The van der Waals surface area contributed by atoms with Gasteiger partial charge in [0.15, 0.2) is 0 Å². The predicted octanol–water partition coefficient (Wildman–Crippen LogP) is 1.75. The van der Waals surface area contributed by atoms with Crippen LogP contribution < -0.4 is 9.47 Å². The van der Waals surface area contributed by atoms with E-state index in [1.165, 1.54) is 0 Å². The normalized spacial score (nSPS) is 9.57. The van der Waals surface area contributed by atoms with Gasteiger partial charge >= 0.3 is 0 Å². The molecule has 1 rings (SSSR count). The van der Waals surface area contributed by atoms with Crippen molar-refractivity contribution in [3.63, 3.8) is 0 Å². The molecular formula is C11H14O3. The second-order valence-corrected chi connectivity index (χ2v) is 2.73. The van der Waals surface area contributed by atoms with Gasteiger partial charge in [-0.05, 0) is 18.2 Å². The van der Waals surface area contributed by atoms with Gasteiger partial charge in [-0.25, -0.2) is 0 Å². The Morgan fingerprint density at radius 1 is 1.50 bits per heavy atom. The number of aliphatic hydroxyl groups is 1. The third kappa shape index (κ3) is 2.50. The first kappa shape index (κ1) is 10.6. The lowest BCUT2D eigenvalue weighted by Gasteiger charge is -2.09. The number of hydrogen-bond donors (Lipinski definition) is 1. The van der Waals surface area contributed by atoms with E-state index in [9.17, 15) is 0 Å². The van der Waals surface area contributed by atoms with Crippen molar-refractivity contribution >= 4 is 0 Å². The molecule has 3 nitrogen and oxygen atoms in total. The van der Waals surface area contributed by atoms with Gasteiger partial charge < -0.3 is 14.6 Å². The van der Waals surface area contributed by atoms with E-state index in [-0.39, 0.29) is 6.61 Å². The van der Waals surface area contributed by atoms with Gasteiger partial charge in [0.1, 0.15) is 18.1 Å². The molecule has 0 fully saturated rings. The maximum Gasteiger partial charge on any atom is 0.125 e. The van der Waals surface area contributed by atoms with Crippen LogP contribution in [0.5, 0.6) is 11.5 Å². The van der Waals surface area contributed by atoms with Gasteiger partial charge in [-0.15, -0.1) is 0 Å². The molecule has 0 unspecified atom stereocenters. The number of ether oxygens (including phenoxy) is 2. The first-order valence-electron chi connectivity index (χ1n) is 4.33. The van der Waals surface area contributed by atoms with Crippen LogP contribution >= 0.6 is 0 Å². The Labute approximate surface area is 83.6 Å². The lowest BCUT2D eigenvalue weighted by atomic mass is 10.2. The topological polar surface area (TPSA) is 38.7 Å². The summed E-state index contributed by atoms with van der Waals surface area (Å²) < 4.78 is 10.4. The molecule has 0 aromatic heterocycles. The minimum atomic E-state index is -0.0658. The molecule has 0 radical (unpaired) electrons. The van der Waals surface area contributed by atoms with Crippen LogP contribution in [0.1, 0.15) is 5.56 Å². The monoisotopic (exact) mass is 194 g/mol. The lowest BCUT2D eigenvalue weighted by Crippen LogP contribution is -1.98. The van der Waals surface area contributed by atoms with E-state index < -0.39 is 0 Å². The van der Waals surface area contributed by atoms with Gasteiger partial charge in [-0.1, -0.05) is 12.7 Å². The fourth-order valence-electron chi connectivity index (χ4n) is 1.10. The smallest absolute Gasteiger partial charge is 0.125 e. The molecule has 0 bridgehead atoms. The second-order valence-electron chi connectivity index (χ2n) is 2.73. The highest BCUT2D eigenvalue weighted by Crippen LogP contribution is 2.23. The number of methoxy groups -OCH3 is 1. The first-order valence-corrected chi connectivity index (χ1v) is 4.33. The molecule has 76 valence electrons. The average molecular weight is 194 g/mol. The highest BCUT2D eigenvalue weighted by Gasteiger charge is 2.03. The van der Waals surface area contributed by atoms with E-state index in [4.69, 9.17) is 14.6 Å². The molecule has 0 amide bonds. The molecule has 1 aromatic carbocycles. The number of benzene rings is 1. The van der Waals surface area contributed by atoms with Crippen LogP contribution in [0.15, 0.2) is 30.9 Å². The number of rotatable bonds is 5. The van der Waals surface area contributed by atoms with Crippen molar-refractivity contribution < 1.29 is 14.6 Å². The maximum absolute atomic E-state index is 9.08. The summed E-state index contributed by atoms with van der Waals surface area (Å²) in [6, 6.07) is 5.31. The molecule has 0 saturated carbocycles. The lowest BCUT2D eigenvalue weighted by molar-refractivity contribution is 0.269. The fraction of sp³-hybridized carbons (Fsp3) is 0.273. The zero-order valence-corrected chi connectivity index (χ0v) is 8.19. The highest BCUT2D eigenvalue weighted by molar-refractivity contribution is 5.39. The summed E-state index contributed by atoms with van der Waals surface area (Å²) in [5.74, 6) is 1.37. The minimum absolute atomic E-state index is 0.0658. The number of aliphatic hydroxyl groups excluding tert-OH is 1. The van der Waals surface area contributed by atoms with Crippen LogP contribution in [-0.4, -0.2) is 18.8 Å². The molecule has 0 spiro atoms. The van der Waals surface area contributed by atoms with Crippen LogP contribution in [0.25, 0.3) is 0 Å². The van der Waals surface area contributed by atoms with Gasteiger partial charge in [-0.2, -0.15) is 0 Å². The van der Waals surface area contributed by atoms with E-state index in [1.54, 1.807) is 31.4 Å². The minimum Gasteiger partial charge on any atom is -0.497 e. The fourth-order valence-corrected chi connectivity index (χ4v) is 1.10. The Balaban J connectivity index is 2.87. The standard InChI is InChI=1S/C11H14O3/c1-3-6-14-11-5-4-10(13-2)7-9(11)8-12/h3-5,7,12H,1,6,8H2,2H3. The summed E-state index contributed by atoms with van der Waals surface area (Å²) in [6.07, 6.45) is 1.66. The quantitative estimate of drug-likeness (QED) is 0.726. The zero-order valence-electron chi connectivity index (χ0n) is 8.19. The highest BCUT2D eigenvalue weighted by atomic mass is 16.5. The van der Waals surface area contributed by atoms with Crippen molar-refractivity contribution in [2.24, 2.45) is 0 Å².